The third-order valence-electron chi connectivity index (χ3n) is 7.74. The summed E-state index contributed by atoms with van der Waals surface area (Å²) in [5.41, 5.74) is 5.58. The molecule has 2 aliphatic rings. The molecule has 38 heavy (non-hydrogen) atoms. The third kappa shape index (κ3) is 5.42. The minimum atomic E-state index is -0.153. The molecule has 196 valence electrons. The van der Waals surface area contributed by atoms with Crippen LogP contribution in [-0.2, 0) is 6.54 Å². The molecule has 1 aromatic carbocycles. The molecule has 4 aromatic rings. The van der Waals surface area contributed by atoms with Gasteiger partial charge in [0.1, 0.15) is 5.82 Å². The molecule has 1 amide bonds. The zero-order valence-corrected chi connectivity index (χ0v) is 22.0. The van der Waals surface area contributed by atoms with E-state index >= 15 is 0 Å². The van der Waals surface area contributed by atoms with Crippen LogP contribution in [0.3, 0.4) is 0 Å². The molecule has 2 N–H and O–H groups in total. The number of benzene rings is 1. The predicted molar refractivity (Wildman–Crippen MR) is 153 cm³/mol. The molecule has 2 aliphatic heterocycles. The lowest BCUT2D eigenvalue weighted by atomic mass is 10.0. The number of piperazine rings is 1. The number of likely N-dealkylation sites (N-methyl/N-ethyl adjacent to an activating group) is 1. The summed E-state index contributed by atoms with van der Waals surface area (Å²) < 4.78 is 0. The average molecular weight is 510 g/mol. The van der Waals surface area contributed by atoms with Gasteiger partial charge in [-0.25, -0.2) is 4.98 Å². The standard InChI is InChI=1S/C30H35N7O/c1-35-11-13-37(14-12-35)29-8-6-25(19-33-29)34-30(38)27-20-32-28-7-5-23(16-26(27)28)24-15-22(17-31-18-24)21-36-9-3-2-4-10-36/h5-8,15-20,32H,2-4,9-14,21H2,1H3,(H,34,38). The van der Waals surface area contributed by atoms with Gasteiger partial charge in [-0.05, 0) is 74.4 Å². The highest BCUT2D eigenvalue weighted by atomic mass is 16.1. The Hall–Kier alpha value is -3.75. The van der Waals surface area contributed by atoms with E-state index in [9.17, 15) is 4.79 Å². The number of nitrogens with zero attached hydrogens (tertiary/aromatic N) is 5. The molecule has 0 unspecified atom stereocenters. The summed E-state index contributed by atoms with van der Waals surface area (Å²) in [6.45, 7) is 7.23. The van der Waals surface area contributed by atoms with Crippen LogP contribution in [0.4, 0.5) is 11.5 Å². The number of fused-ring (bicyclic) bond motifs is 1. The first-order valence-electron chi connectivity index (χ1n) is 13.6. The average Bonchev–Trinajstić information content (AvgIpc) is 3.38. The first kappa shape index (κ1) is 24.6. The summed E-state index contributed by atoms with van der Waals surface area (Å²) in [5.74, 6) is 0.795. The summed E-state index contributed by atoms with van der Waals surface area (Å²) >= 11 is 0. The third-order valence-corrected chi connectivity index (χ3v) is 7.74. The van der Waals surface area contributed by atoms with E-state index in [4.69, 9.17) is 0 Å². The zero-order chi connectivity index (χ0) is 25.9. The molecule has 0 atom stereocenters. The molecule has 0 radical (unpaired) electrons. The number of rotatable bonds is 6. The van der Waals surface area contributed by atoms with Crippen molar-refractivity contribution in [2.45, 2.75) is 25.8 Å². The number of anilines is 2. The SMILES string of the molecule is CN1CCN(c2ccc(NC(=O)c3c[nH]c4ccc(-c5cncc(CN6CCCCC6)c5)cc34)cn2)CC1. The Balaban J connectivity index is 1.17. The molecule has 3 aromatic heterocycles. The maximum atomic E-state index is 13.2. The van der Waals surface area contributed by atoms with Gasteiger partial charge in [0.15, 0.2) is 0 Å². The van der Waals surface area contributed by atoms with Gasteiger partial charge in [-0.15, -0.1) is 0 Å². The van der Waals surface area contributed by atoms with Crippen molar-refractivity contribution in [1.82, 2.24) is 24.8 Å². The molecule has 2 fully saturated rings. The molecule has 0 bridgehead atoms. The Morgan fingerprint density at radius 2 is 1.76 bits per heavy atom. The molecular formula is C30H35N7O. The van der Waals surface area contributed by atoms with Crippen LogP contribution < -0.4 is 10.2 Å². The lowest BCUT2D eigenvalue weighted by molar-refractivity contribution is 0.102. The lowest BCUT2D eigenvalue weighted by Gasteiger charge is -2.33. The van der Waals surface area contributed by atoms with Crippen molar-refractivity contribution in [3.05, 3.63) is 72.3 Å². The molecule has 2 saturated heterocycles. The summed E-state index contributed by atoms with van der Waals surface area (Å²) in [7, 11) is 2.14. The molecule has 0 spiro atoms. The van der Waals surface area contributed by atoms with E-state index in [1.807, 2.05) is 30.6 Å². The molecule has 8 nitrogen and oxygen atoms in total. The predicted octanol–water partition coefficient (Wildman–Crippen LogP) is 4.61. The highest BCUT2D eigenvalue weighted by Crippen LogP contribution is 2.28. The minimum Gasteiger partial charge on any atom is -0.360 e. The quantitative estimate of drug-likeness (QED) is 0.395. The van der Waals surface area contributed by atoms with Crippen LogP contribution in [0.1, 0.15) is 35.2 Å². The topological polar surface area (TPSA) is 80.4 Å². The van der Waals surface area contributed by atoms with Gasteiger partial charge in [0.2, 0.25) is 0 Å². The summed E-state index contributed by atoms with van der Waals surface area (Å²) in [6, 6.07) is 12.3. The van der Waals surface area contributed by atoms with E-state index in [1.54, 1.807) is 12.4 Å². The van der Waals surface area contributed by atoms with Gasteiger partial charge < -0.3 is 20.1 Å². The van der Waals surface area contributed by atoms with E-state index < -0.39 is 0 Å². The molecule has 8 heteroatoms. The van der Waals surface area contributed by atoms with Crippen molar-refractivity contribution >= 4 is 28.3 Å². The number of aromatic amines is 1. The fraction of sp³-hybridized carbons (Fsp3) is 0.367. The van der Waals surface area contributed by atoms with Gasteiger partial charge in [-0.1, -0.05) is 12.5 Å². The Bertz CT molecular complexity index is 1400. The number of amides is 1. The maximum absolute atomic E-state index is 13.2. The number of hydrogen-bond donors (Lipinski definition) is 2. The van der Waals surface area contributed by atoms with Crippen molar-refractivity contribution in [2.24, 2.45) is 0 Å². The van der Waals surface area contributed by atoms with Crippen LogP contribution >= 0.6 is 0 Å². The van der Waals surface area contributed by atoms with Gasteiger partial charge in [-0.3, -0.25) is 14.7 Å². The molecular weight excluding hydrogens is 474 g/mol. The fourth-order valence-electron chi connectivity index (χ4n) is 5.48. The number of likely N-dealkylation sites (tertiary alicyclic amines) is 1. The zero-order valence-electron chi connectivity index (χ0n) is 22.0. The number of nitrogens with one attached hydrogen (secondary N) is 2. The molecule has 0 aliphatic carbocycles. The fourth-order valence-corrected chi connectivity index (χ4v) is 5.48. The van der Waals surface area contributed by atoms with Crippen molar-refractivity contribution in [3.63, 3.8) is 0 Å². The highest BCUT2D eigenvalue weighted by Gasteiger charge is 2.17. The second kappa shape index (κ2) is 10.9. The first-order valence-corrected chi connectivity index (χ1v) is 13.6. The summed E-state index contributed by atoms with van der Waals surface area (Å²) in [4.78, 5) is 32.7. The monoisotopic (exact) mass is 509 g/mol. The van der Waals surface area contributed by atoms with Crippen molar-refractivity contribution < 1.29 is 4.79 Å². The number of pyridine rings is 2. The van der Waals surface area contributed by atoms with Gasteiger partial charge >= 0.3 is 0 Å². The van der Waals surface area contributed by atoms with Gasteiger partial charge in [-0.2, -0.15) is 0 Å². The normalized spacial score (nSPS) is 17.1. The lowest BCUT2D eigenvalue weighted by Crippen LogP contribution is -2.44. The van der Waals surface area contributed by atoms with Crippen molar-refractivity contribution in [2.75, 3.05) is 56.5 Å². The summed E-state index contributed by atoms with van der Waals surface area (Å²) in [5, 5.41) is 3.91. The van der Waals surface area contributed by atoms with Crippen LogP contribution in [0, 0.1) is 0 Å². The second-order valence-electron chi connectivity index (χ2n) is 10.5. The van der Waals surface area contributed by atoms with E-state index in [-0.39, 0.29) is 5.91 Å². The second-order valence-corrected chi connectivity index (χ2v) is 10.5. The van der Waals surface area contributed by atoms with Crippen LogP contribution in [-0.4, -0.2) is 77.0 Å². The van der Waals surface area contributed by atoms with Crippen LogP contribution in [0.5, 0.6) is 0 Å². The van der Waals surface area contributed by atoms with Crippen molar-refractivity contribution in [1.29, 1.82) is 0 Å². The van der Waals surface area contributed by atoms with Gasteiger partial charge in [0.25, 0.3) is 5.91 Å². The Labute approximate surface area is 223 Å². The smallest absolute Gasteiger partial charge is 0.257 e. The maximum Gasteiger partial charge on any atom is 0.257 e. The Morgan fingerprint density at radius 1 is 0.921 bits per heavy atom. The first-order chi connectivity index (χ1) is 18.6. The van der Waals surface area contributed by atoms with Crippen LogP contribution in [0.25, 0.3) is 22.0 Å². The van der Waals surface area contributed by atoms with E-state index in [2.05, 4.69) is 60.2 Å². The number of hydrogen-bond acceptors (Lipinski definition) is 6. The van der Waals surface area contributed by atoms with E-state index in [1.165, 1.54) is 24.8 Å². The summed E-state index contributed by atoms with van der Waals surface area (Å²) in [6.07, 6.45) is 11.3. The number of H-pyrrole nitrogens is 1. The minimum absolute atomic E-state index is 0.153. The largest absolute Gasteiger partial charge is 0.360 e. The Kier molecular flexibility index (Phi) is 7.07. The number of piperidine rings is 1. The van der Waals surface area contributed by atoms with Crippen LogP contribution in [0.15, 0.2) is 61.2 Å². The van der Waals surface area contributed by atoms with Crippen LogP contribution in [0.2, 0.25) is 0 Å². The van der Waals surface area contributed by atoms with Gasteiger partial charge in [0.05, 0.1) is 17.4 Å². The number of carbonyl (C=O) groups excluding carboxylic acids is 1. The molecule has 0 saturated carbocycles. The van der Waals surface area contributed by atoms with Gasteiger partial charge in [0, 0.05) is 67.8 Å². The number of aromatic nitrogens is 3. The Morgan fingerprint density at radius 3 is 2.55 bits per heavy atom. The number of carbonyl (C=O) groups is 1. The van der Waals surface area contributed by atoms with E-state index in [0.29, 0.717) is 11.3 Å². The molecule has 6 rings (SSSR count). The van der Waals surface area contributed by atoms with Crippen molar-refractivity contribution in [3.8, 4) is 11.1 Å². The van der Waals surface area contributed by atoms with E-state index in [0.717, 1.165) is 73.7 Å². The molecule has 5 heterocycles. The highest BCUT2D eigenvalue weighted by molar-refractivity contribution is 6.13.